The fraction of sp³-hybridized carbons (Fsp3) is 0.100. The van der Waals surface area contributed by atoms with Crippen LogP contribution in [0.2, 0.25) is 0 Å². The van der Waals surface area contributed by atoms with Gasteiger partial charge in [-0.1, -0.05) is 60.2 Å². The Labute approximate surface area is 125 Å². The molecule has 1 nitrogen and oxygen atoms in total. The summed E-state index contributed by atoms with van der Waals surface area (Å²) >= 11 is 0. The number of aryl methyl sites for hydroxylation is 1. The van der Waals surface area contributed by atoms with Crippen LogP contribution in [0.15, 0.2) is 60.7 Å². The molecule has 3 aromatic rings. The largest absolute Gasteiger partial charge is 0.497 e. The summed E-state index contributed by atoms with van der Waals surface area (Å²) in [4.78, 5) is 0. The number of benzene rings is 3. The van der Waals surface area contributed by atoms with Crippen LogP contribution in [0.25, 0.3) is 22.9 Å². The van der Waals surface area contributed by atoms with E-state index in [1.54, 1.807) is 7.11 Å². The van der Waals surface area contributed by atoms with E-state index in [2.05, 4.69) is 67.6 Å². The summed E-state index contributed by atoms with van der Waals surface area (Å²) in [5.41, 5.74) is 3.67. The van der Waals surface area contributed by atoms with E-state index in [-0.39, 0.29) is 0 Å². The van der Waals surface area contributed by atoms with Gasteiger partial charge >= 0.3 is 0 Å². The van der Waals surface area contributed by atoms with Crippen LogP contribution < -0.4 is 4.74 Å². The monoisotopic (exact) mass is 274 g/mol. The highest BCUT2D eigenvalue weighted by Crippen LogP contribution is 2.19. The summed E-state index contributed by atoms with van der Waals surface area (Å²) in [5, 5.41) is 2.56. The molecule has 3 aromatic carbocycles. The van der Waals surface area contributed by atoms with E-state index < -0.39 is 0 Å². The second kappa shape index (κ2) is 5.84. The van der Waals surface area contributed by atoms with Crippen molar-refractivity contribution in [2.24, 2.45) is 0 Å². The highest BCUT2D eigenvalue weighted by atomic mass is 16.5. The SMILES string of the molecule is COc1ccc(C=Cc2ccc3cc(C)ccc3c2)cc1. The Bertz CT molecular complexity index is 783. The Morgan fingerprint density at radius 1 is 0.714 bits per heavy atom. The molecule has 0 bridgehead atoms. The highest BCUT2D eigenvalue weighted by molar-refractivity contribution is 5.86. The average molecular weight is 274 g/mol. The Morgan fingerprint density at radius 3 is 2.10 bits per heavy atom. The molecule has 0 atom stereocenters. The maximum Gasteiger partial charge on any atom is 0.118 e. The van der Waals surface area contributed by atoms with Gasteiger partial charge in [0.1, 0.15) is 5.75 Å². The predicted molar refractivity (Wildman–Crippen MR) is 90.6 cm³/mol. The van der Waals surface area contributed by atoms with Gasteiger partial charge in [-0.2, -0.15) is 0 Å². The van der Waals surface area contributed by atoms with E-state index in [0.29, 0.717) is 0 Å². The lowest BCUT2D eigenvalue weighted by atomic mass is 10.0. The first-order valence-corrected chi connectivity index (χ1v) is 7.07. The summed E-state index contributed by atoms with van der Waals surface area (Å²) in [5.74, 6) is 0.883. The predicted octanol–water partition coefficient (Wildman–Crippen LogP) is 5.33. The maximum atomic E-state index is 5.17. The summed E-state index contributed by atoms with van der Waals surface area (Å²) in [6, 6.07) is 21.2. The second-order valence-corrected chi connectivity index (χ2v) is 5.22. The third-order valence-electron chi connectivity index (χ3n) is 3.60. The molecule has 0 saturated carbocycles. The topological polar surface area (TPSA) is 9.23 Å². The first-order valence-electron chi connectivity index (χ1n) is 7.07. The Hall–Kier alpha value is -2.54. The van der Waals surface area contributed by atoms with Crippen molar-refractivity contribution in [3.63, 3.8) is 0 Å². The zero-order valence-corrected chi connectivity index (χ0v) is 12.3. The smallest absolute Gasteiger partial charge is 0.118 e. The number of methoxy groups -OCH3 is 1. The molecular weight excluding hydrogens is 256 g/mol. The second-order valence-electron chi connectivity index (χ2n) is 5.22. The van der Waals surface area contributed by atoms with Gasteiger partial charge in [-0.3, -0.25) is 0 Å². The molecule has 1 heteroatoms. The van der Waals surface area contributed by atoms with Crippen LogP contribution in [0.5, 0.6) is 5.75 Å². The summed E-state index contributed by atoms with van der Waals surface area (Å²) in [6.45, 7) is 2.12. The summed E-state index contributed by atoms with van der Waals surface area (Å²) < 4.78 is 5.17. The van der Waals surface area contributed by atoms with E-state index in [1.165, 1.54) is 27.5 Å². The molecule has 104 valence electrons. The van der Waals surface area contributed by atoms with Crippen LogP contribution in [0.3, 0.4) is 0 Å². The van der Waals surface area contributed by atoms with Crippen molar-refractivity contribution in [1.29, 1.82) is 0 Å². The fourth-order valence-corrected chi connectivity index (χ4v) is 2.39. The number of ether oxygens (including phenoxy) is 1. The Balaban J connectivity index is 1.86. The lowest BCUT2D eigenvalue weighted by molar-refractivity contribution is 0.415. The van der Waals surface area contributed by atoms with Crippen LogP contribution in [0.1, 0.15) is 16.7 Å². The molecule has 0 aromatic heterocycles. The van der Waals surface area contributed by atoms with Gasteiger partial charge in [-0.05, 0) is 47.0 Å². The van der Waals surface area contributed by atoms with Crippen LogP contribution in [-0.2, 0) is 0 Å². The normalized spacial score (nSPS) is 11.1. The van der Waals surface area contributed by atoms with Crippen molar-refractivity contribution in [3.05, 3.63) is 77.4 Å². The number of hydrogen-bond acceptors (Lipinski definition) is 1. The quantitative estimate of drug-likeness (QED) is 0.587. The molecule has 0 amide bonds. The van der Waals surface area contributed by atoms with Gasteiger partial charge in [0, 0.05) is 0 Å². The van der Waals surface area contributed by atoms with Crippen LogP contribution >= 0.6 is 0 Å². The minimum absolute atomic E-state index is 0.883. The van der Waals surface area contributed by atoms with E-state index in [1.807, 2.05) is 12.1 Å². The van der Waals surface area contributed by atoms with Gasteiger partial charge in [-0.25, -0.2) is 0 Å². The van der Waals surface area contributed by atoms with Gasteiger partial charge in [0.25, 0.3) is 0 Å². The summed E-state index contributed by atoms with van der Waals surface area (Å²) in [7, 11) is 1.68. The first-order chi connectivity index (χ1) is 10.2. The molecule has 0 heterocycles. The number of fused-ring (bicyclic) bond motifs is 1. The third kappa shape index (κ3) is 3.14. The first kappa shape index (κ1) is 13.4. The Kier molecular flexibility index (Phi) is 3.74. The molecule has 0 aliphatic rings. The lowest BCUT2D eigenvalue weighted by Gasteiger charge is -2.02. The van der Waals surface area contributed by atoms with Crippen LogP contribution in [0, 0.1) is 6.92 Å². The molecule has 0 spiro atoms. The minimum atomic E-state index is 0.883. The number of rotatable bonds is 3. The lowest BCUT2D eigenvalue weighted by Crippen LogP contribution is -1.81. The van der Waals surface area contributed by atoms with Crippen molar-refractivity contribution >= 4 is 22.9 Å². The molecule has 0 radical (unpaired) electrons. The fourth-order valence-electron chi connectivity index (χ4n) is 2.39. The van der Waals surface area contributed by atoms with Gasteiger partial charge < -0.3 is 4.74 Å². The van der Waals surface area contributed by atoms with Gasteiger partial charge in [0.2, 0.25) is 0 Å². The van der Waals surface area contributed by atoms with E-state index in [9.17, 15) is 0 Å². The standard InChI is InChI=1S/C20H18O/c1-15-3-9-19-14-17(6-10-18(19)13-15)5-4-16-7-11-20(21-2)12-8-16/h3-14H,1-2H3. The van der Waals surface area contributed by atoms with Gasteiger partial charge in [0.05, 0.1) is 7.11 Å². The average Bonchev–Trinajstić information content (AvgIpc) is 2.53. The van der Waals surface area contributed by atoms with Crippen molar-refractivity contribution in [1.82, 2.24) is 0 Å². The van der Waals surface area contributed by atoms with Crippen molar-refractivity contribution in [2.45, 2.75) is 6.92 Å². The maximum absolute atomic E-state index is 5.17. The molecule has 0 aliphatic carbocycles. The molecule has 0 fully saturated rings. The molecule has 0 aliphatic heterocycles. The molecule has 21 heavy (non-hydrogen) atoms. The van der Waals surface area contributed by atoms with E-state index >= 15 is 0 Å². The zero-order chi connectivity index (χ0) is 14.7. The minimum Gasteiger partial charge on any atom is -0.497 e. The van der Waals surface area contributed by atoms with Gasteiger partial charge in [-0.15, -0.1) is 0 Å². The van der Waals surface area contributed by atoms with Crippen LogP contribution in [0.4, 0.5) is 0 Å². The highest BCUT2D eigenvalue weighted by Gasteiger charge is 1.95. The molecule has 0 saturated heterocycles. The van der Waals surface area contributed by atoms with Crippen LogP contribution in [-0.4, -0.2) is 7.11 Å². The third-order valence-corrected chi connectivity index (χ3v) is 3.60. The Morgan fingerprint density at radius 2 is 1.33 bits per heavy atom. The molecule has 0 unspecified atom stereocenters. The van der Waals surface area contributed by atoms with Crippen molar-refractivity contribution in [2.75, 3.05) is 7.11 Å². The van der Waals surface area contributed by atoms with Crippen molar-refractivity contribution < 1.29 is 4.74 Å². The zero-order valence-electron chi connectivity index (χ0n) is 12.3. The van der Waals surface area contributed by atoms with Gasteiger partial charge in [0.15, 0.2) is 0 Å². The molecule has 0 N–H and O–H groups in total. The summed E-state index contributed by atoms with van der Waals surface area (Å²) in [6.07, 6.45) is 4.26. The van der Waals surface area contributed by atoms with E-state index in [4.69, 9.17) is 4.74 Å². The number of hydrogen-bond donors (Lipinski definition) is 0. The van der Waals surface area contributed by atoms with Crippen molar-refractivity contribution in [3.8, 4) is 5.75 Å². The molecule has 3 rings (SSSR count). The van der Waals surface area contributed by atoms with E-state index in [0.717, 1.165) is 5.75 Å². The molecular formula is C20H18O.